The van der Waals surface area contributed by atoms with E-state index in [1.807, 2.05) is 65.7 Å². The summed E-state index contributed by atoms with van der Waals surface area (Å²) < 4.78 is 5.59. The second-order valence-corrected chi connectivity index (χ2v) is 7.85. The molecule has 0 unspecified atom stereocenters. The summed E-state index contributed by atoms with van der Waals surface area (Å²) in [5.41, 5.74) is 2.00. The number of Topliss-reactive ketones (excluding diaryl/α,β-unsaturated/α-hetero) is 1. The van der Waals surface area contributed by atoms with Crippen LogP contribution >= 0.6 is 23.1 Å². The van der Waals surface area contributed by atoms with E-state index in [1.165, 1.54) is 11.3 Å². The van der Waals surface area contributed by atoms with Crippen LogP contribution in [-0.4, -0.2) is 35.8 Å². The highest BCUT2D eigenvalue weighted by atomic mass is 32.2. The molecule has 0 radical (unpaired) electrons. The lowest BCUT2D eigenvalue weighted by atomic mass is 10.2. The van der Waals surface area contributed by atoms with Crippen molar-refractivity contribution in [3.8, 4) is 16.8 Å². The molecule has 28 heavy (non-hydrogen) atoms. The average Bonchev–Trinajstić information content (AvgIpc) is 3.44. The van der Waals surface area contributed by atoms with E-state index in [9.17, 15) is 10.1 Å². The number of thioether (sulfide) groups is 1. The van der Waals surface area contributed by atoms with Gasteiger partial charge in [0.2, 0.25) is 0 Å². The number of nitrogens with zero attached hydrogens (tertiary/aromatic N) is 5. The maximum absolute atomic E-state index is 12.8. The minimum atomic E-state index is -0.287. The van der Waals surface area contributed by atoms with Crippen molar-refractivity contribution in [3.63, 3.8) is 0 Å². The second kappa shape index (κ2) is 7.50. The number of fused-ring (bicyclic) bond motifs is 1. The minimum Gasteiger partial charge on any atom is -0.410 e. The van der Waals surface area contributed by atoms with Gasteiger partial charge in [0.1, 0.15) is 17.5 Å². The molecule has 0 amide bonds. The van der Waals surface area contributed by atoms with Crippen molar-refractivity contribution >= 4 is 40.3 Å². The Morgan fingerprint density at radius 2 is 1.89 bits per heavy atom. The van der Waals surface area contributed by atoms with Crippen LogP contribution in [0.2, 0.25) is 0 Å². The van der Waals surface area contributed by atoms with Gasteiger partial charge in [-0.05, 0) is 23.6 Å². The number of benzene rings is 1. The number of hydrogen-bond donors (Lipinski definition) is 0. The Morgan fingerprint density at radius 1 is 1.18 bits per heavy atom. The van der Waals surface area contributed by atoms with Crippen molar-refractivity contribution in [2.75, 3.05) is 29.6 Å². The van der Waals surface area contributed by atoms with Crippen LogP contribution in [-0.2, 0) is 4.79 Å². The van der Waals surface area contributed by atoms with E-state index >= 15 is 0 Å². The molecule has 140 valence electrons. The highest BCUT2D eigenvalue weighted by Gasteiger charge is 2.31. The molecule has 3 heterocycles. The van der Waals surface area contributed by atoms with Gasteiger partial charge in [-0.3, -0.25) is 4.79 Å². The van der Waals surface area contributed by atoms with E-state index in [0.29, 0.717) is 16.9 Å². The quantitative estimate of drug-likeness (QED) is 0.357. The molecule has 0 saturated carbocycles. The summed E-state index contributed by atoms with van der Waals surface area (Å²) in [6.45, 7) is 0. The van der Waals surface area contributed by atoms with E-state index in [1.54, 1.807) is 0 Å². The summed E-state index contributed by atoms with van der Waals surface area (Å²) >= 11 is 2.63. The summed E-state index contributed by atoms with van der Waals surface area (Å²) in [5, 5.41) is 19.9. The lowest BCUT2D eigenvalue weighted by molar-refractivity contribution is -0.112. The first-order valence-corrected chi connectivity index (χ1v) is 10.2. The predicted molar refractivity (Wildman–Crippen MR) is 109 cm³/mol. The molecule has 0 saturated heterocycles. The van der Waals surface area contributed by atoms with Crippen molar-refractivity contribution < 1.29 is 9.21 Å². The number of aromatic nitrogens is 2. The lowest BCUT2D eigenvalue weighted by Gasteiger charge is -2.19. The Labute approximate surface area is 169 Å². The number of thiophene rings is 1. The monoisotopic (exact) mass is 409 g/mol. The Hall–Kier alpha value is -3.09. The van der Waals surface area contributed by atoms with Crippen LogP contribution in [0, 0.1) is 11.3 Å². The van der Waals surface area contributed by atoms with Crippen LogP contribution in [0.3, 0.4) is 0 Å². The number of para-hydroxylation sites is 2. The van der Waals surface area contributed by atoms with E-state index in [4.69, 9.17) is 4.42 Å². The third-order valence-corrected chi connectivity index (χ3v) is 6.00. The number of ketones is 1. The van der Waals surface area contributed by atoms with Crippen LogP contribution in [0.4, 0.5) is 11.4 Å². The average molecular weight is 409 g/mol. The third kappa shape index (κ3) is 3.17. The zero-order valence-corrected chi connectivity index (χ0v) is 16.8. The Kier molecular flexibility index (Phi) is 4.90. The molecule has 1 aliphatic heterocycles. The normalized spacial score (nSPS) is 12.8. The molecule has 7 nitrogen and oxygen atoms in total. The number of hydrogen-bond acceptors (Lipinski definition) is 9. The van der Waals surface area contributed by atoms with Crippen molar-refractivity contribution in [1.29, 1.82) is 5.26 Å². The molecule has 0 atom stereocenters. The first-order chi connectivity index (χ1) is 13.6. The van der Waals surface area contributed by atoms with Crippen molar-refractivity contribution in [2.24, 2.45) is 0 Å². The molecule has 1 aliphatic rings. The Bertz CT molecular complexity index is 1070. The molecule has 0 fully saturated rings. The molecule has 4 rings (SSSR count). The molecule has 9 heteroatoms. The zero-order chi connectivity index (χ0) is 19.7. The zero-order valence-electron chi connectivity index (χ0n) is 15.1. The van der Waals surface area contributed by atoms with Gasteiger partial charge in [0.15, 0.2) is 5.78 Å². The maximum atomic E-state index is 12.8. The minimum absolute atomic E-state index is 0.0382. The summed E-state index contributed by atoms with van der Waals surface area (Å²) in [5.74, 6) is 0.745. The number of carbonyl (C=O) groups is 1. The molecule has 0 aliphatic carbocycles. The number of allylic oxidation sites excluding steroid dienone is 1. The maximum Gasteiger partial charge on any atom is 0.277 e. The molecule has 3 aromatic rings. The fourth-order valence-electron chi connectivity index (χ4n) is 3.02. The van der Waals surface area contributed by atoms with Crippen LogP contribution in [0.25, 0.3) is 10.8 Å². The number of nitriles is 1. The van der Waals surface area contributed by atoms with Crippen LogP contribution in [0.1, 0.15) is 0 Å². The largest absolute Gasteiger partial charge is 0.410 e. The molecule has 0 bridgehead atoms. The SMILES string of the molecule is CN1C(=C(C#N)C(=O)CSc2nnc(-c3cccs3)o2)N(C)c2ccccc21. The number of rotatable bonds is 5. The first-order valence-electron chi connectivity index (χ1n) is 8.34. The molecule has 2 aromatic heterocycles. The third-order valence-electron chi connectivity index (χ3n) is 4.32. The predicted octanol–water partition coefficient (Wildman–Crippen LogP) is 3.78. The lowest BCUT2D eigenvalue weighted by Crippen LogP contribution is -2.26. The van der Waals surface area contributed by atoms with Gasteiger partial charge in [-0.15, -0.1) is 21.5 Å². The summed E-state index contributed by atoms with van der Waals surface area (Å²) in [4.78, 5) is 17.4. The van der Waals surface area contributed by atoms with Gasteiger partial charge >= 0.3 is 0 Å². The standard InChI is InChI=1S/C19H15N5O2S2/c1-23-13-6-3-4-7-14(13)24(2)18(23)12(10-20)15(25)11-28-19-22-21-17(26-19)16-8-5-9-27-16/h3-9H,11H2,1-2H3. The fraction of sp³-hybridized carbons (Fsp3) is 0.158. The van der Waals surface area contributed by atoms with Crippen LogP contribution in [0.5, 0.6) is 0 Å². The van der Waals surface area contributed by atoms with E-state index in [0.717, 1.165) is 28.0 Å². The summed E-state index contributed by atoms with van der Waals surface area (Å²) in [6, 6.07) is 13.6. The number of carbonyl (C=O) groups excluding carboxylic acids is 1. The van der Waals surface area contributed by atoms with E-state index in [-0.39, 0.29) is 17.1 Å². The summed E-state index contributed by atoms with van der Waals surface area (Å²) in [7, 11) is 3.70. The van der Waals surface area contributed by atoms with Gasteiger partial charge in [0.05, 0.1) is 22.0 Å². The molecule has 0 spiro atoms. The molecule has 0 N–H and O–H groups in total. The van der Waals surface area contributed by atoms with Crippen LogP contribution in [0.15, 0.2) is 62.8 Å². The van der Waals surface area contributed by atoms with Crippen molar-refractivity contribution in [2.45, 2.75) is 5.22 Å². The Balaban J connectivity index is 1.53. The second-order valence-electron chi connectivity index (χ2n) is 5.98. The highest BCUT2D eigenvalue weighted by molar-refractivity contribution is 7.99. The molecule has 1 aromatic carbocycles. The fourth-order valence-corrected chi connectivity index (χ4v) is 4.30. The molecular weight excluding hydrogens is 394 g/mol. The topological polar surface area (TPSA) is 86.3 Å². The molecular formula is C19H15N5O2S2. The summed E-state index contributed by atoms with van der Waals surface area (Å²) in [6.07, 6.45) is 0. The Morgan fingerprint density at radius 3 is 2.50 bits per heavy atom. The smallest absolute Gasteiger partial charge is 0.277 e. The first kappa shape index (κ1) is 18.3. The van der Waals surface area contributed by atoms with Crippen molar-refractivity contribution in [3.05, 3.63) is 53.2 Å². The van der Waals surface area contributed by atoms with Gasteiger partial charge in [-0.2, -0.15) is 5.26 Å². The van der Waals surface area contributed by atoms with Gasteiger partial charge < -0.3 is 14.2 Å². The van der Waals surface area contributed by atoms with Crippen LogP contribution < -0.4 is 9.80 Å². The van der Waals surface area contributed by atoms with Gasteiger partial charge in [-0.25, -0.2) is 0 Å². The van der Waals surface area contributed by atoms with Gasteiger partial charge in [0, 0.05) is 14.1 Å². The highest BCUT2D eigenvalue weighted by Crippen LogP contribution is 2.40. The van der Waals surface area contributed by atoms with E-state index in [2.05, 4.69) is 16.3 Å². The number of anilines is 2. The van der Waals surface area contributed by atoms with Gasteiger partial charge in [-0.1, -0.05) is 30.0 Å². The van der Waals surface area contributed by atoms with Crippen molar-refractivity contribution in [1.82, 2.24) is 10.2 Å². The van der Waals surface area contributed by atoms with E-state index < -0.39 is 0 Å². The van der Waals surface area contributed by atoms with Gasteiger partial charge in [0.25, 0.3) is 11.1 Å².